The third-order valence-electron chi connectivity index (χ3n) is 2.27. The first-order valence-corrected chi connectivity index (χ1v) is 4.93. The van der Waals surface area contributed by atoms with E-state index in [4.69, 9.17) is 9.47 Å². The minimum atomic E-state index is 0.196. The van der Waals surface area contributed by atoms with Gasteiger partial charge in [0.25, 0.3) is 0 Å². The number of methoxy groups -OCH3 is 2. The van der Waals surface area contributed by atoms with Crippen molar-refractivity contribution in [2.75, 3.05) is 14.2 Å². The molecule has 0 unspecified atom stereocenters. The molecule has 1 rings (SSSR count). The molecule has 0 aromatic heterocycles. The van der Waals surface area contributed by atoms with E-state index in [1.54, 1.807) is 14.2 Å². The van der Waals surface area contributed by atoms with Gasteiger partial charge in [-0.25, -0.2) is 0 Å². The molecule has 0 spiro atoms. The Kier molecular flexibility index (Phi) is 4.16. The van der Waals surface area contributed by atoms with Crippen LogP contribution in [0.4, 0.5) is 0 Å². The highest BCUT2D eigenvalue weighted by Gasteiger charge is 2.08. The summed E-state index contributed by atoms with van der Waals surface area (Å²) < 4.78 is 10.3. The molecule has 0 N–H and O–H groups in total. The van der Waals surface area contributed by atoms with Crippen molar-refractivity contribution in [1.29, 1.82) is 0 Å². The number of rotatable bonds is 5. The fourth-order valence-corrected chi connectivity index (χ4v) is 1.36. The summed E-state index contributed by atoms with van der Waals surface area (Å²) in [6, 6.07) is 5.47. The largest absolute Gasteiger partial charge is 0.497 e. The lowest BCUT2D eigenvalue weighted by molar-refractivity contribution is -0.118. The van der Waals surface area contributed by atoms with E-state index in [-0.39, 0.29) is 5.78 Å². The molecule has 82 valence electrons. The van der Waals surface area contributed by atoms with Gasteiger partial charge < -0.3 is 9.47 Å². The molecular weight excluding hydrogens is 192 g/mol. The van der Waals surface area contributed by atoms with Gasteiger partial charge in [0, 0.05) is 18.4 Å². The minimum Gasteiger partial charge on any atom is -0.497 e. The molecule has 0 aliphatic rings. The highest BCUT2D eigenvalue weighted by atomic mass is 16.5. The van der Waals surface area contributed by atoms with Crippen LogP contribution >= 0.6 is 0 Å². The number of carbonyl (C=O) groups excluding carboxylic acids is 1. The maximum absolute atomic E-state index is 11.4. The average molecular weight is 208 g/mol. The molecule has 15 heavy (non-hydrogen) atoms. The van der Waals surface area contributed by atoms with E-state index >= 15 is 0 Å². The van der Waals surface area contributed by atoms with Crippen LogP contribution in [-0.2, 0) is 11.2 Å². The molecule has 0 saturated heterocycles. The molecule has 0 radical (unpaired) electrons. The molecule has 3 heteroatoms. The fourth-order valence-electron chi connectivity index (χ4n) is 1.36. The number of benzene rings is 1. The molecule has 0 aliphatic heterocycles. The van der Waals surface area contributed by atoms with Crippen molar-refractivity contribution in [2.24, 2.45) is 0 Å². The van der Waals surface area contributed by atoms with Gasteiger partial charge in [-0.15, -0.1) is 0 Å². The summed E-state index contributed by atoms with van der Waals surface area (Å²) in [7, 11) is 3.20. The van der Waals surface area contributed by atoms with Crippen LogP contribution in [0.15, 0.2) is 18.2 Å². The van der Waals surface area contributed by atoms with Crippen molar-refractivity contribution in [3.8, 4) is 11.5 Å². The van der Waals surface area contributed by atoms with Gasteiger partial charge in [0.15, 0.2) is 0 Å². The van der Waals surface area contributed by atoms with Crippen molar-refractivity contribution < 1.29 is 14.3 Å². The molecule has 1 aromatic rings. The second-order valence-corrected chi connectivity index (χ2v) is 3.25. The van der Waals surface area contributed by atoms with Crippen LogP contribution in [0, 0.1) is 0 Å². The summed E-state index contributed by atoms with van der Waals surface area (Å²) in [5, 5.41) is 0. The molecular formula is C12H16O3. The Balaban J connectivity index is 2.95. The second-order valence-electron chi connectivity index (χ2n) is 3.25. The van der Waals surface area contributed by atoms with Crippen molar-refractivity contribution in [3.63, 3.8) is 0 Å². The van der Waals surface area contributed by atoms with Crippen LogP contribution in [0.3, 0.4) is 0 Å². The molecule has 0 aliphatic carbocycles. The molecule has 0 saturated carbocycles. The number of carbonyl (C=O) groups is 1. The van der Waals surface area contributed by atoms with Gasteiger partial charge in [-0.3, -0.25) is 4.79 Å². The smallest absolute Gasteiger partial charge is 0.137 e. The van der Waals surface area contributed by atoms with E-state index in [0.29, 0.717) is 12.8 Å². The van der Waals surface area contributed by atoms with E-state index in [0.717, 1.165) is 17.1 Å². The lowest BCUT2D eigenvalue weighted by Gasteiger charge is -2.09. The van der Waals surface area contributed by atoms with Gasteiger partial charge in [-0.2, -0.15) is 0 Å². The van der Waals surface area contributed by atoms with Gasteiger partial charge in [0.2, 0.25) is 0 Å². The number of ether oxygens (including phenoxy) is 2. The molecule has 0 heterocycles. The quantitative estimate of drug-likeness (QED) is 0.744. The maximum Gasteiger partial charge on any atom is 0.137 e. The number of Topliss-reactive ketones (excluding diaryl/α,β-unsaturated/α-hetero) is 1. The number of hydrogen-bond acceptors (Lipinski definition) is 3. The van der Waals surface area contributed by atoms with Crippen LogP contribution < -0.4 is 9.47 Å². The van der Waals surface area contributed by atoms with E-state index in [1.807, 2.05) is 25.1 Å². The maximum atomic E-state index is 11.4. The molecule has 0 bridgehead atoms. The van der Waals surface area contributed by atoms with E-state index in [1.165, 1.54) is 0 Å². The molecule has 0 atom stereocenters. The Morgan fingerprint density at radius 1 is 1.27 bits per heavy atom. The predicted octanol–water partition coefficient (Wildman–Crippen LogP) is 2.23. The Labute approximate surface area is 90.0 Å². The summed E-state index contributed by atoms with van der Waals surface area (Å²) in [5.41, 5.74) is 0.878. The van der Waals surface area contributed by atoms with Crippen LogP contribution in [-0.4, -0.2) is 20.0 Å². The summed E-state index contributed by atoms with van der Waals surface area (Å²) in [6.45, 7) is 1.86. The Morgan fingerprint density at radius 3 is 2.53 bits per heavy atom. The van der Waals surface area contributed by atoms with Gasteiger partial charge in [0.05, 0.1) is 14.2 Å². The summed E-state index contributed by atoms with van der Waals surface area (Å²) >= 11 is 0. The van der Waals surface area contributed by atoms with Crippen LogP contribution in [0.2, 0.25) is 0 Å². The zero-order valence-corrected chi connectivity index (χ0v) is 9.37. The van der Waals surface area contributed by atoms with Gasteiger partial charge in [0.1, 0.15) is 17.3 Å². The summed E-state index contributed by atoms with van der Waals surface area (Å²) in [4.78, 5) is 11.4. The van der Waals surface area contributed by atoms with E-state index in [9.17, 15) is 4.79 Å². The Bertz CT molecular complexity index is 345. The first-order valence-electron chi connectivity index (χ1n) is 4.93. The summed E-state index contributed by atoms with van der Waals surface area (Å²) in [5.74, 6) is 1.67. The normalized spacial score (nSPS) is 9.80. The number of hydrogen-bond donors (Lipinski definition) is 0. The van der Waals surface area contributed by atoms with Gasteiger partial charge >= 0.3 is 0 Å². The van der Waals surface area contributed by atoms with Crippen LogP contribution in [0.25, 0.3) is 0 Å². The molecule has 0 fully saturated rings. The average Bonchev–Trinajstić information content (AvgIpc) is 2.28. The SMILES string of the molecule is CCC(=O)Cc1cc(OC)ccc1OC. The van der Waals surface area contributed by atoms with Gasteiger partial charge in [-0.05, 0) is 18.2 Å². The third kappa shape index (κ3) is 2.98. The van der Waals surface area contributed by atoms with Crippen molar-refractivity contribution in [1.82, 2.24) is 0 Å². The van der Waals surface area contributed by atoms with Crippen molar-refractivity contribution in [3.05, 3.63) is 23.8 Å². The van der Waals surface area contributed by atoms with E-state index in [2.05, 4.69) is 0 Å². The highest BCUT2D eigenvalue weighted by molar-refractivity contribution is 5.81. The van der Waals surface area contributed by atoms with Crippen molar-refractivity contribution >= 4 is 5.78 Å². The summed E-state index contributed by atoms with van der Waals surface area (Å²) in [6.07, 6.45) is 0.942. The number of ketones is 1. The molecule has 0 amide bonds. The highest BCUT2D eigenvalue weighted by Crippen LogP contribution is 2.24. The lowest BCUT2D eigenvalue weighted by Crippen LogP contribution is -2.02. The second kappa shape index (κ2) is 5.39. The first kappa shape index (κ1) is 11.6. The fraction of sp³-hybridized carbons (Fsp3) is 0.417. The van der Waals surface area contributed by atoms with Crippen molar-refractivity contribution in [2.45, 2.75) is 19.8 Å². The van der Waals surface area contributed by atoms with Crippen LogP contribution in [0.5, 0.6) is 11.5 Å². The van der Waals surface area contributed by atoms with Gasteiger partial charge in [-0.1, -0.05) is 6.92 Å². The minimum absolute atomic E-state index is 0.196. The first-order chi connectivity index (χ1) is 7.21. The Hall–Kier alpha value is -1.51. The topological polar surface area (TPSA) is 35.5 Å². The monoisotopic (exact) mass is 208 g/mol. The van der Waals surface area contributed by atoms with E-state index < -0.39 is 0 Å². The lowest BCUT2D eigenvalue weighted by atomic mass is 10.1. The zero-order chi connectivity index (χ0) is 11.3. The third-order valence-corrected chi connectivity index (χ3v) is 2.27. The molecule has 3 nitrogen and oxygen atoms in total. The zero-order valence-electron chi connectivity index (χ0n) is 9.37. The predicted molar refractivity (Wildman–Crippen MR) is 58.5 cm³/mol. The standard InChI is InChI=1S/C12H16O3/c1-4-10(13)7-9-8-11(14-2)5-6-12(9)15-3/h5-6,8H,4,7H2,1-3H3. The Morgan fingerprint density at radius 2 is 2.00 bits per heavy atom. The van der Waals surface area contributed by atoms with Crippen LogP contribution in [0.1, 0.15) is 18.9 Å². The molecule has 1 aromatic carbocycles.